The number of benzene rings is 1. The largest absolute Gasteiger partial charge is 0.344 e. The molecule has 1 aromatic heterocycles. The highest BCUT2D eigenvalue weighted by Crippen LogP contribution is 2.33. The predicted octanol–water partition coefficient (Wildman–Crippen LogP) is 3.67. The molecule has 1 aliphatic carbocycles. The maximum absolute atomic E-state index is 12.9. The number of nitrogens with one attached hydrogen (secondary N) is 2. The van der Waals surface area contributed by atoms with E-state index >= 15 is 0 Å². The average molecular weight is 401 g/mol. The first-order valence-corrected chi connectivity index (χ1v) is 10.8. The summed E-state index contributed by atoms with van der Waals surface area (Å²) in [4.78, 5) is 25.7. The molecule has 0 unspecified atom stereocenters. The monoisotopic (exact) mass is 400 g/mol. The molecular weight excluding hydrogens is 372 g/mol. The summed E-state index contributed by atoms with van der Waals surface area (Å²) in [6, 6.07) is 9.09. The van der Waals surface area contributed by atoms with Crippen LogP contribution in [0.5, 0.6) is 0 Å². The predicted molar refractivity (Wildman–Crippen MR) is 111 cm³/mol. The Morgan fingerprint density at radius 1 is 1.14 bits per heavy atom. The Kier molecular flexibility index (Phi) is 7.14. The molecule has 0 radical (unpaired) electrons. The highest BCUT2D eigenvalue weighted by Gasteiger charge is 2.30. The van der Waals surface area contributed by atoms with Crippen molar-refractivity contribution in [3.8, 4) is 0 Å². The van der Waals surface area contributed by atoms with Crippen molar-refractivity contribution in [2.75, 3.05) is 5.32 Å². The summed E-state index contributed by atoms with van der Waals surface area (Å²) in [7, 11) is 0. The zero-order chi connectivity index (χ0) is 19.9. The van der Waals surface area contributed by atoms with Gasteiger partial charge in [0.1, 0.15) is 11.6 Å². The molecule has 28 heavy (non-hydrogen) atoms. The molecule has 2 aromatic rings. The molecule has 2 N–H and O–H groups in total. The Bertz CT molecular complexity index is 756. The summed E-state index contributed by atoms with van der Waals surface area (Å²) >= 11 is 1.26. The van der Waals surface area contributed by atoms with E-state index in [2.05, 4.69) is 34.7 Å². The molecule has 1 saturated carbocycles. The van der Waals surface area contributed by atoms with Gasteiger partial charge in [-0.3, -0.25) is 14.9 Å². The first-order valence-electron chi connectivity index (χ1n) is 9.94. The smallest absolute Gasteiger partial charge is 0.249 e. The van der Waals surface area contributed by atoms with Gasteiger partial charge < -0.3 is 5.32 Å². The molecule has 2 amide bonds. The maximum Gasteiger partial charge on any atom is 0.249 e. The second-order valence-electron chi connectivity index (χ2n) is 7.84. The first-order chi connectivity index (χ1) is 13.5. The molecule has 1 heterocycles. The Labute approximate surface area is 170 Å². The van der Waals surface area contributed by atoms with Gasteiger partial charge in [-0.25, -0.2) is 0 Å². The lowest BCUT2D eigenvalue weighted by Crippen LogP contribution is -2.47. The summed E-state index contributed by atoms with van der Waals surface area (Å²) in [5.74, 6) is 1.07. The minimum Gasteiger partial charge on any atom is -0.344 e. The fraction of sp³-hybridized carbons (Fsp3) is 0.524. The third-order valence-electron chi connectivity index (χ3n) is 5.59. The number of anilines is 1. The zero-order valence-corrected chi connectivity index (χ0v) is 17.2. The lowest BCUT2D eigenvalue weighted by atomic mass is 9.76. The van der Waals surface area contributed by atoms with Crippen LogP contribution in [0, 0.1) is 17.8 Å². The van der Waals surface area contributed by atoms with Crippen molar-refractivity contribution in [2.24, 2.45) is 17.8 Å². The van der Waals surface area contributed by atoms with Crippen LogP contribution in [0.1, 0.15) is 45.1 Å². The van der Waals surface area contributed by atoms with Crippen LogP contribution in [0.3, 0.4) is 0 Å². The van der Waals surface area contributed by atoms with Gasteiger partial charge in [0.2, 0.25) is 16.9 Å². The molecule has 3 rings (SSSR count). The number of rotatable bonds is 7. The molecule has 1 atom stereocenters. The second-order valence-corrected chi connectivity index (χ2v) is 8.67. The maximum atomic E-state index is 12.9. The van der Waals surface area contributed by atoms with E-state index < -0.39 is 6.04 Å². The number of carbonyl (C=O) groups is 2. The van der Waals surface area contributed by atoms with Crippen LogP contribution in [0.25, 0.3) is 0 Å². The van der Waals surface area contributed by atoms with Crippen LogP contribution >= 0.6 is 11.3 Å². The van der Waals surface area contributed by atoms with Gasteiger partial charge in [0.05, 0.1) is 0 Å². The van der Waals surface area contributed by atoms with E-state index in [1.54, 1.807) is 5.51 Å². The van der Waals surface area contributed by atoms with Gasteiger partial charge in [-0.2, -0.15) is 0 Å². The summed E-state index contributed by atoms with van der Waals surface area (Å²) in [6.45, 7) is 4.50. The average Bonchev–Trinajstić information content (AvgIpc) is 3.21. The number of nitrogens with zero attached hydrogens (tertiary/aromatic N) is 2. The van der Waals surface area contributed by atoms with Crippen molar-refractivity contribution >= 4 is 28.3 Å². The van der Waals surface area contributed by atoms with Crippen molar-refractivity contribution in [2.45, 2.75) is 52.0 Å². The van der Waals surface area contributed by atoms with E-state index in [-0.39, 0.29) is 17.7 Å². The van der Waals surface area contributed by atoms with Gasteiger partial charge in [-0.1, -0.05) is 55.5 Å². The van der Waals surface area contributed by atoms with Gasteiger partial charge in [0.25, 0.3) is 0 Å². The first kappa shape index (κ1) is 20.5. The lowest BCUT2D eigenvalue weighted by molar-refractivity contribution is -0.130. The van der Waals surface area contributed by atoms with Crippen molar-refractivity contribution in [1.29, 1.82) is 0 Å². The van der Waals surface area contributed by atoms with Crippen molar-refractivity contribution in [1.82, 2.24) is 15.5 Å². The van der Waals surface area contributed by atoms with Gasteiger partial charge in [0, 0.05) is 12.3 Å². The van der Waals surface area contributed by atoms with Crippen molar-refractivity contribution < 1.29 is 9.59 Å². The van der Waals surface area contributed by atoms with Crippen LogP contribution in [-0.4, -0.2) is 28.1 Å². The molecule has 6 nitrogen and oxygen atoms in total. The summed E-state index contributed by atoms with van der Waals surface area (Å²) < 4.78 is 0. The standard InChI is InChI=1S/C21H28N4O2S/c1-14(2)16-8-10-17(11-9-16)19(26)23-18(12-15-6-4-3-5-7-15)20(27)24-21-25-22-13-28-21/h3-7,13-14,16-18H,8-12H2,1-2H3,(H,23,26)(H,24,25,27)/t16?,17?,18-/m0/s1. The van der Waals surface area contributed by atoms with E-state index in [0.717, 1.165) is 31.2 Å². The molecule has 0 saturated heterocycles. The molecule has 1 fully saturated rings. The Hall–Kier alpha value is -2.28. The van der Waals surface area contributed by atoms with Crippen LogP contribution < -0.4 is 10.6 Å². The van der Waals surface area contributed by atoms with Gasteiger partial charge in [0.15, 0.2) is 0 Å². The number of hydrogen-bond donors (Lipinski definition) is 2. The van der Waals surface area contributed by atoms with Gasteiger partial charge in [-0.05, 0) is 43.1 Å². The molecule has 150 valence electrons. The Balaban J connectivity index is 1.64. The number of amides is 2. The quantitative estimate of drug-likeness (QED) is 0.743. The third-order valence-corrected chi connectivity index (χ3v) is 6.20. The summed E-state index contributed by atoms with van der Waals surface area (Å²) in [5.41, 5.74) is 2.57. The van der Waals surface area contributed by atoms with Crippen molar-refractivity contribution in [3.63, 3.8) is 0 Å². The Morgan fingerprint density at radius 2 is 1.86 bits per heavy atom. The van der Waals surface area contributed by atoms with Crippen molar-refractivity contribution in [3.05, 3.63) is 41.4 Å². The van der Waals surface area contributed by atoms with Crippen LogP contribution in [0.2, 0.25) is 0 Å². The van der Waals surface area contributed by atoms with Crippen LogP contribution in [0.15, 0.2) is 35.8 Å². The molecule has 0 bridgehead atoms. The van der Waals surface area contributed by atoms with Gasteiger partial charge in [-0.15, -0.1) is 10.2 Å². The lowest BCUT2D eigenvalue weighted by Gasteiger charge is -2.31. The van der Waals surface area contributed by atoms with Crippen LogP contribution in [0.4, 0.5) is 5.13 Å². The fourth-order valence-corrected chi connectivity index (χ4v) is 4.26. The number of carbonyl (C=O) groups excluding carboxylic acids is 2. The molecule has 7 heteroatoms. The molecule has 1 aromatic carbocycles. The van der Waals surface area contributed by atoms with E-state index in [9.17, 15) is 9.59 Å². The highest BCUT2D eigenvalue weighted by molar-refractivity contribution is 7.13. The molecule has 1 aliphatic rings. The van der Waals surface area contributed by atoms with Crippen LogP contribution in [-0.2, 0) is 16.0 Å². The minimum atomic E-state index is -0.637. The van der Waals surface area contributed by atoms with Gasteiger partial charge >= 0.3 is 0 Å². The van der Waals surface area contributed by atoms with E-state index in [1.165, 1.54) is 11.3 Å². The summed E-state index contributed by atoms with van der Waals surface area (Å²) in [6.07, 6.45) is 4.39. The molecule has 0 aliphatic heterocycles. The normalized spacial score (nSPS) is 20.5. The number of aromatic nitrogens is 2. The third kappa shape index (κ3) is 5.61. The van der Waals surface area contributed by atoms with E-state index in [4.69, 9.17) is 0 Å². The number of hydrogen-bond acceptors (Lipinski definition) is 5. The van der Waals surface area contributed by atoms with E-state index in [0.29, 0.717) is 23.4 Å². The molecular formula is C21H28N4O2S. The SMILES string of the molecule is CC(C)C1CCC(C(=O)N[C@@H](Cc2ccccc2)C(=O)Nc2nncs2)CC1. The fourth-order valence-electron chi connectivity index (χ4n) is 3.82. The minimum absolute atomic E-state index is 0.0115. The topological polar surface area (TPSA) is 84.0 Å². The molecule has 0 spiro atoms. The van der Waals surface area contributed by atoms with E-state index in [1.807, 2.05) is 30.3 Å². The summed E-state index contributed by atoms with van der Waals surface area (Å²) in [5, 5.41) is 13.8. The highest BCUT2D eigenvalue weighted by atomic mass is 32.1. The second kappa shape index (κ2) is 9.78. The Morgan fingerprint density at radius 3 is 2.46 bits per heavy atom. The zero-order valence-electron chi connectivity index (χ0n) is 16.4.